The fraction of sp³-hybridized carbons (Fsp3) is 0.500. The molecule has 92 valence electrons. The number of quaternary nitrogens is 1. The molecule has 0 saturated carbocycles. The van der Waals surface area contributed by atoms with Crippen molar-refractivity contribution >= 4 is 5.69 Å². The molecule has 5 heteroatoms. The number of likely N-dealkylation sites (tertiary alicyclic amines) is 1. The molecule has 1 heterocycles. The van der Waals surface area contributed by atoms with E-state index in [1.807, 2.05) is 6.07 Å². The molecule has 0 unspecified atom stereocenters. The van der Waals surface area contributed by atoms with Crippen LogP contribution in [0.2, 0.25) is 0 Å². The molecule has 1 aromatic rings. The first-order valence-corrected chi connectivity index (χ1v) is 5.90. The summed E-state index contributed by atoms with van der Waals surface area (Å²) >= 11 is 0. The normalized spacial score (nSPS) is 24.5. The maximum atomic E-state index is 10.7. The summed E-state index contributed by atoms with van der Waals surface area (Å²) < 4.78 is 0. The highest BCUT2D eigenvalue weighted by Crippen LogP contribution is 2.12. The van der Waals surface area contributed by atoms with Crippen LogP contribution in [0.15, 0.2) is 24.3 Å². The van der Waals surface area contributed by atoms with Crippen LogP contribution in [0.3, 0.4) is 0 Å². The van der Waals surface area contributed by atoms with E-state index in [0.717, 1.165) is 38.0 Å². The van der Waals surface area contributed by atoms with Gasteiger partial charge in [0.25, 0.3) is 5.69 Å². The van der Waals surface area contributed by atoms with Crippen molar-refractivity contribution in [2.75, 3.05) is 13.1 Å². The number of rotatable bonds is 3. The van der Waals surface area contributed by atoms with Crippen LogP contribution in [0, 0.1) is 10.1 Å². The van der Waals surface area contributed by atoms with E-state index in [1.165, 1.54) is 11.0 Å². The first kappa shape index (κ1) is 12.0. The van der Waals surface area contributed by atoms with Gasteiger partial charge in [-0.25, -0.2) is 0 Å². The molecule has 17 heavy (non-hydrogen) atoms. The first-order chi connectivity index (χ1) is 8.15. The fourth-order valence-electron chi connectivity index (χ4n) is 2.26. The van der Waals surface area contributed by atoms with Crippen molar-refractivity contribution in [3.05, 3.63) is 39.9 Å². The van der Waals surface area contributed by atoms with Gasteiger partial charge in [0.1, 0.15) is 6.54 Å². The number of aliphatic hydroxyl groups is 1. The number of nitro benzene ring substituents is 1. The molecule has 0 bridgehead atoms. The molecule has 2 N–H and O–H groups in total. The smallest absolute Gasteiger partial charge is 0.269 e. The number of hydrogen-bond donors (Lipinski definition) is 2. The lowest BCUT2D eigenvalue weighted by Crippen LogP contribution is -3.12. The Morgan fingerprint density at radius 3 is 2.76 bits per heavy atom. The second-order valence-corrected chi connectivity index (χ2v) is 4.58. The van der Waals surface area contributed by atoms with Crippen molar-refractivity contribution in [1.29, 1.82) is 0 Å². The Morgan fingerprint density at radius 1 is 1.41 bits per heavy atom. The molecule has 0 atom stereocenters. The average Bonchev–Trinajstić information content (AvgIpc) is 2.32. The number of nitrogens with one attached hydrogen (secondary N) is 1. The number of hydrogen-bond acceptors (Lipinski definition) is 3. The summed E-state index contributed by atoms with van der Waals surface area (Å²) in [6.45, 7) is 2.67. The molecule has 1 aliphatic heterocycles. The molecule has 0 amide bonds. The summed E-state index contributed by atoms with van der Waals surface area (Å²) in [6.07, 6.45) is 1.48. The second-order valence-electron chi connectivity index (χ2n) is 4.58. The average molecular weight is 237 g/mol. The molecule has 5 nitrogen and oxygen atoms in total. The Kier molecular flexibility index (Phi) is 3.71. The number of piperidine rings is 1. The summed E-state index contributed by atoms with van der Waals surface area (Å²) in [5.41, 5.74) is 1.14. The highest BCUT2D eigenvalue weighted by atomic mass is 16.6. The van der Waals surface area contributed by atoms with Gasteiger partial charge >= 0.3 is 0 Å². The standard InChI is InChI=1S/C12H16N2O3/c15-12-4-6-13(7-5-12)9-10-2-1-3-11(8-10)14(16)17/h1-3,8,12,15H,4-7,9H2/p+1. The Balaban J connectivity index is 1.98. The Hall–Kier alpha value is -1.46. The maximum Gasteiger partial charge on any atom is 0.269 e. The van der Waals surface area contributed by atoms with E-state index in [2.05, 4.69) is 0 Å². The zero-order valence-electron chi connectivity index (χ0n) is 9.63. The third-order valence-electron chi connectivity index (χ3n) is 3.24. The van der Waals surface area contributed by atoms with Gasteiger partial charge in [0.2, 0.25) is 0 Å². The lowest BCUT2D eigenvalue weighted by atomic mass is 10.1. The van der Waals surface area contributed by atoms with E-state index < -0.39 is 0 Å². The molecule has 2 rings (SSSR count). The molecule has 0 aromatic heterocycles. The Morgan fingerprint density at radius 2 is 2.12 bits per heavy atom. The summed E-state index contributed by atoms with van der Waals surface area (Å²) in [7, 11) is 0. The highest BCUT2D eigenvalue weighted by molar-refractivity contribution is 5.33. The van der Waals surface area contributed by atoms with Crippen molar-refractivity contribution < 1.29 is 14.9 Å². The van der Waals surface area contributed by atoms with Gasteiger partial charge in [-0.05, 0) is 0 Å². The monoisotopic (exact) mass is 237 g/mol. The SMILES string of the molecule is O=[N+]([O-])c1cccc(C[NH+]2CCC(O)CC2)c1. The van der Waals surface area contributed by atoms with Crippen molar-refractivity contribution in [3.8, 4) is 0 Å². The second kappa shape index (κ2) is 5.25. The number of aliphatic hydroxyl groups excluding tert-OH is 1. The first-order valence-electron chi connectivity index (χ1n) is 5.90. The molecule has 1 saturated heterocycles. The minimum atomic E-state index is -0.362. The van der Waals surface area contributed by atoms with Gasteiger partial charge in [-0.2, -0.15) is 0 Å². The van der Waals surface area contributed by atoms with Gasteiger partial charge in [0.05, 0.1) is 24.1 Å². The number of nitrogens with zero attached hydrogens (tertiary/aromatic N) is 1. The topological polar surface area (TPSA) is 67.8 Å². The van der Waals surface area contributed by atoms with E-state index in [0.29, 0.717) is 0 Å². The van der Waals surface area contributed by atoms with Crippen LogP contribution in [-0.2, 0) is 6.54 Å². The predicted octanol–water partition coefficient (Wildman–Crippen LogP) is 0.134. The maximum absolute atomic E-state index is 10.7. The van der Waals surface area contributed by atoms with E-state index >= 15 is 0 Å². The van der Waals surface area contributed by atoms with Gasteiger partial charge < -0.3 is 10.0 Å². The quantitative estimate of drug-likeness (QED) is 0.580. The molecule has 1 aliphatic rings. The van der Waals surface area contributed by atoms with E-state index in [9.17, 15) is 15.2 Å². The zero-order chi connectivity index (χ0) is 12.3. The number of benzene rings is 1. The minimum Gasteiger partial charge on any atom is -0.393 e. The van der Waals surface area contributed by atoms with E-state index in [-0.39, 0.29) is 16.7 Å². The molecular formula is C12H17N2O3+. The lowest BCUT2D eigenvalue weighted by Gasteiger charge is -2.26. The zero-order valence-corrected chi connectivity index (χ0v) is 9.63. The van der Waals surface area contributed by atoms with Gasteiger partial charge in [-0.15, -0.1) is 0 Å². The van der Waals surface area contributed by atoms with E-state index in [4.69, 9.17) is 0 Å². The van der Waals surface area contributed by atoms with Gasteiger partial charge in [-0.1, -0.05) is 12.1 Å². The molecule has 0 aliphatic carbocycles. The Labute approximate surface area is 99.8 Å². The fourth-order valence-corrected chi connectivity index (χ4v) is 2.26. The van der Waals surface area contributed by atoms with Crippen molar-refractivity contribution in [3.63, 3.8) is 0 Å². The summed E-state index contributed by atoms with van der Waals surface area (Å²) in [5, 5.41) is 20.1. The summed E-state index contributed by atoms with van der Waals surface area (Å²) in [6, 6.07) is 6.80. The predicted molar refractivity (Wildman–Crippen MR) is 62.7 cm³/mol. The summed E-state index contributed by atoms with van der Waals surface area (Å²) in [5.74, 6) is 0. The molecular weight excluding hydrogens is 220 g/mol. The van der Waals surface area contributed by atoms with Gasteiger partial charge in [-0.3, -0.25) is 10.1 Å². The number of nitro groups is 1. The van der Waals surface area contributed by atoms with Crippen molar-refractivity contribution in [1.82, 2.24) is 0 Å². The van der Waals surface area contributed by atoms with Crippen molar-refractivity contribution in [2.45, 2.75) is 25.5 Å². The summed E-state index contributed by atoms with van der Waals surface area (Å²) in [4.78, 5) is 11.7. The van der Waals surface area contributed by atoms with E-state index in [1.54, 1.807) is 12.1 Å². The molecule has 0 radical (unpaired) electrons. The van der Waals surface area contributed by atoms with Gasteiger partial charge in [0.15, 0.2) is 0 Å². The highest BCUT2D eigenvalue weighted by Gasteiger charge is 2.20. The van der Waals surface area contributed by atoms with Crippen LogP contribution in [0.4, 0.5) is 5.69 Å². The van der Waals surface area contributed by atoms with Crippen molar-refractivity contribution in [2.24, 2.45) is 0 Å². The third kappa shape index (κ3) is 3.25. The Bertz CT molecular complexity index is 400. The minimum absolute atomic E-state index is 0.152. The van der Waals surface area contributed by atoms with Crippen LogP contribution < -0.4 is 4.90 Å². The van der Waals surface area contributed by atoms with Crippen LogP contribution in [0.25, 0.3) is 0 Å². The number of non-ortho nitro benzene ring substituents is 1. The lowest BCUT2D eigenvalue weighted by molar-refractivity contribution is -0.919. The van der Waals surface area contributed by atoms with Crippen LogP contribution >= 0.6 is 0 Å². The largest absolute Gasteiger partial charge is 0.393 e. The van der Waals surface area contributed by atoms with Gasteiger partial charge in [0, 0.05) is 30.5 Å². The molecule has 1 fully saturated rings. The van der Waals surface area contributed by atoms with Crippen LogP contribution in [0.5, 0.6) is 0 Å². The third-order valence-corrected chi connectivity index (χ3v) is 3.24. The molecule has 0 spiro atoms. The van der Waals surface area contributed by atoms with Crippen LogP contribution in [0.1, 0.15) is 18.4 Å². The van der Waals surface area contributed by atoms with Crippen LogP contribution in [-0.4, -0.2) is 29.2 Å². The molecule has 1 aromatic carbocycles.